The fraction of sp³-hybridized carbons (Fsp3) is 0.571. The van der Waals surface area contributed by atoms with Crippen molar-refractivity contribution in [2.45, 2.75) is 70.1 Å². The van der Waals surface area contributed by atoms with E-state index in [9.17, 15) is 4.79 Å². The Labute approximate surface area is 159 Å². The van der Waals surface area contributed by atoms with Crippen LogP contribution in [-0.2, 0) is 19.5 Å². The van der Waals surface area contributed by atoms with Crippen molar-refractivity contribution in [3.8, 4) is 5.88 Å². The molecular weight excluding hydrogens is 340 g/mol. The quantitative estimate of drug-likeness (QED) is 0.881. The topological polar surface area (TPSA) is 71.1 Å². The number of nitrogens with zero attached hydrogens (tertiary/aromatic N) is 3. The van der Waals surface area contributed by atoms with Crippen LogP contribution in [0.15, 0.2) is 23.1 Å². The zero-order valence-electron chi connectivity index (χ0n) is 15.6. The number of pyridine rings is 1. The number of aromatic amines is 1. The summed E-state index contributed by atoms with van der Waals surface area (Å²) in [6.45, 7) is 2.30. The third kappa shape index (κ3) is 3.63. The van der Waals surface area contributed by atoms with Crippen molar-refractivity contribution >= 4 is 0 Å². The van der Waals surface area contributed by atoms with E-state index >= 15 is 0 Å². The van der Waals surface area contributed by atoms with Gasteiger partial charge in [-0.1, -0.05) is 6.07 Å². The van der Waals surface area contributed by atoms with Crippen molar-refractivity contribution in [2.24, 2.45) is 0 Å². The van der Waals surface area contributed by atoms with Crippen molar-refractivity contribution in [1.29, 1.82) is 0 Å². The van der Waals surface area contributed by atoms with Crippen molar-refractivity contribution in [3.63, 3.8) is 0 Å². The molecule has 0 saturated heterocycles. The predicted octanol–water partition coefficient (Wildman–Crippen LogP) is 2.92. The van der Waals surface area contributed by atoms with Gasteiger partial charge in [-0.15, -0.1) is 0 Å². The second-order valence-corrected chi connectivity index (χ2v) is 8.10. The Morgan fingerprint density at radius 1 is 1.22 bits per heavy atom. The minimum atomic E-state index is 0.0419. The fourth-order valence-electron chi connectivity index (χ4n) is 4.24. The van der Waals surface area contributed by atoms with Gasteiger partial charge in [0, 0.05) is 43.7 Å². The minimum absolute atomic E-state index is 0.0419. The first-order valence-electron chi connectivity index (χ1n) is 10.2. The molecule has 6 nitrogen and oxygen atoms in total. The normalized spacial score (nSPS) is 20.6. The van der Waals surface area contributed by atoms with Gasteiger partial charge in [0.1, 0.15) is 11.9 Å². The number of hydrogen-bond donors (Lipinski definition) is 1. The summed E-state index contributed by atoms with van der Waals surface area (Å²) in [7, 11) is 0. The van der Waals surface area contributed by atoms with Crippen LogP contribution in [0.3, 0.4) is 0 Å². The van der Waals surface area contributed by atoms with Gasteiger partial charge in [0.25, 0.3) is 5.56 Å². The van der Waals surface area contributed by atoms with E-state index in [0.717, 1.165) is 73.7 Å². The maximum Gasteiger partial charge on any atom is 0.255 e. The van der Waals surface area contributed by atoms with Crippen LogP contribution in [0.5, 0.6) is 5.88 Å². The van der Waals surface area contributed by atoms with Crippen LogP contribution in [0.4, 0.5) is 0 Å². The van der Waals surface area contributed by atoms with Gasteiger partial charge in [-0.3, -0.25) is 9.69 Å². The second-order valence-electron chi connectivity index (χ2n) is 8.10. The lowest BCUT2D eigenvalue weighted by Crippen LogP contribution is -2.36. The summed E-state index contributed by atoms with van der Waals surface area (Å²) < 4.78 is 6.17. The Bertz CT molecular complexity index is 884. The van der Waals surface area contributed by atoms with Gasteiger partial charge in [0.15, 0.2) is 0 Å². The predicted molar refractivity (Wildman–Crippen MR) is 102 cm³/mol. The summed E-state index contributed by atoms with van der Waals surface area (Å²) in [5, 5.41) is 0. The van der Waals surface area contributed by atoms with Crippen LogP contribution in [0.1, 0.15) is 67.1 Å². The molecule has 3 aliphatic rings. The Balaban J connectivity index is 1.32. The maximum atomic E-state index is 12.6. The molecular formula is C21H26N4O2. The molecule has 0 spiro atoms. The summed E-state index contributed by atoms with van der Waals surface area (Å²) >= 11 is 0. The van der Waals surface area contributed by atoms with E-state index in [4.69, 9.17) is 9.72 Å². The monoisotopic (exact) mass is 366 g/mol. The van der Waals surface area contributed by atoms with Crippen LogP contribution < -0.4 is 10.3 Å². The van der Waals surface area contributed by atoms with Gasteiger partial charge in [-0.2, -0.15) is 0 Å². The highest BCUT2D eigenvalue weighted by molar-refractivity contribution is 5.27. The summed E-state index contributed by atoms with van der Waals surface area (Å²) in [6, 6.07) is 4.05. The molecule has 0 amide bonds. The third-order valence-electron chi connectivity index (χ3n) is 5.95. The third-order valence-corrected chi connectivity index (χ3v) is 5.95. The molecule has 27 heavy (non-hydrogen) atoms. The molecule has 6 heteroatoms. The zero-order valence-corrected chi connectivity index (χ0v) is 15.6. The largest absolute Gasteiger partial charge is 0.474 e. The van der Waals surface area contributed by atoms with Crippen molar-refractivity contribution < 1.29 is 4.74 Å². The SMILES string of the molecule is O=c1[nH]c(C2CC2)nc2c1CN(Cc1cccnc1OC1CCCC1)CC2. The average Bonchev–Trinajstić information content (AvgIpc) is 3.41. The number of H-pyrrole nitrogens is 1. The lowest BCUT2D eigenvalue weighted by molar-refractivity contribution is 0.189. The number of nitrogens with one attached hydrogen (secondary N) is 1. The van der Waals surface area contributed by atoms with Crippen LogP contribution in [0.25, 0.3) is 0 Å². The highest BCUT2D eigenvalue weighted by Gasteiger charge is 2.29. The van der Waals surface area contributed by atoms with Gasteiger partial charge in [0.2, 0.25) is 5.88 Å². The summed E-state index contributed by atoms with van der Waals surface area (Å²) in [6.07, 6.45) is 9.97. The molecule has 3 heterocycles. The first-order chi connectivity index (χ1) is 13.3. The Morgan fingerprint density at radius 3 is 2.89 bits per heavy atom. The molecule has 0 bridgehead atoms. The Kier molecular flexibility index (Phi) is 4.44. The van der Waals surface area contributed by atoms with Crippen molar-refractivity contribution in [3.05, 3.63) is 51.3 Å². The number of ether oxygens (including phenoxy) is 1. The van der Waals surface area contributed by atoms with E-state index in [-0.39, 0.29) is 5.56 Å². The first-order valence-corrected chi connectivity index (χ1v) is 10.2. The van der Waals surface area contributed by atoms with E-state index in [2.05, 4.69) is 20.9 Å². The van der Waals surface area contributed by atoms with E-state index in [0.29, 0.717) is 18.6 Å². The van der Waals surface area contributed by atoms with E-state index in [1.54, 1.807) is 6.20 Å². The molecule has 2 aromatic heterocycles. The Hall–Kier alpha value is -2.21. The number of hydrogen-bond acceptors (Lipinski definition) is 5. The molecule has 0 atom stereocenters. The molecule has 0 radical (unpaired) electrons. The molecule has 0 aromatic carbocycles. The minimum Gasteiger partial charge on any atom is -0.474 e. The van der Waals surface area contributed by atoms with E-state index in [1.165, 1.54) is 12.8 Å². The van der Waals surface area contributed by atoms with Crippen LogP contribution >= 0.6 is 0 Å². The molecule has 0 unspecified atom stereocenters. The lowest BCUT2D eigenvalue weighted by atomic mass is 10.1. The molecule has 5 rings (SSSR count). The fourth-order valence-corrected chi connectivity index (χ4v) is 4.24. The molecule has 1 aliphatic heterocycles. The van der Waals surface area contributed by atoms with Gasteiger partial charge < -0.3 is 9.72 Å². The lowest BCUT2D eigenvalue weighted by Gasteiger charge is -2.28. The number of fused-ring (bicyclic) bond motifs is 1. The number of rotatable bonds is 5. The summed E-state index contributed by atoms with van der Waals surface area (Å²) in [5.41, 5.74) is 2.96. The van der Waals surface area contributed by atoms with Gasteiger partial charge in [0.05, 0.1) is 11.3 Å². The van der Waals surface area contributed by atoms with Crippen LogP contribution in [0, 0.1) is 0 Å². The molecule has 1 N–H and O–H groups in total. The second kappa shape index (κ2) is 7.08. The van der Waals surface area contributed by atoms with Gasteiger partial charge >= 0.3 is 0 Å². The molecule has 2 aromatic rings. The average molecular weight is 366 g/mol. The highest BCUT2D eigenvalue weighted by atomic mass is 16.5. The van der Waals surface area contributed by atoms with E-state index < -0.39 is 0 Å². The highest BCUT2D eigenvalue weighted by Crippen LogP contribution is 2.38. The summed E-state index contributed by atoms with van der Waals surface area (Å²) in [4.78, 5) is 27.1. The number of aromatic nitrogens is 3. The van der Waals surface area contributed by atoms with Crippen LogP contribution in [-0.4, -0.2) is 32.5 Å². The first kappa shape index (κ1) is 16.9. The van der Waals surface area contributed by atoms with Gasteiger partial charge in [-0.25, -0.2) is 9.97 Å². The molecule has 2 saturated carbocycles. The molecule has 142 valence electrons. The standard InChI is InChI=1S/C21H26N4O2/c26-20-17-13-25(11-9-18(17)23-19(24-20)14-7-8-14)12-15-4-3-10-22-21(15)27-16-5-1-2-6-16/h3-4,10,14,16H,1-2,5-9,11-13H2,(H,23,24,26). The van der Waals surface area contributed by atoms with Crippen LogP contribution in [0.2, 0.25) is 0 Å². The molecule has 2 fully saturated rings. The maximum absolute atomic E-state index is 12.6. The smallest absolute Gasteiger partial charge is 0.255 e. The van der Waals surface area contributed by atoms with Crippen molar-refractivity contribution in [2.75, 3.05) is 6.54 Å². The summed E-state index contributed by atoms with van der Waals surface area (Å²) in [5.74, 6) is 2.13. The van der Waals surface area contributed by atoms with E-state index in [1.807, 2.05) is 6.07 Å². The molecule has 2 aliphatic carbocycles. The Morgan fingerprint density at radius 2 is 2.07 bits per heavy atom. The van der Waals surface area contributed by atoms with Gasteiger partial charge in [-0.05, 0) is 44.6 Å². The van der Waals surface area contributed by atoms with Crippen molar-refractivity contribution in [1.82, 2.24) is 19.9 Å². The zero-order chi connectivity index (χ0) is 18.2.